The summed E-state index contributed by atoms with van der Waals surface area (Å²) in [6.45, 7) is 3.78. The van der Waals surface area contributed by atoms with Gasteiger partial charge in [-0.05, 0) is 60.9 Å². The third-order valence-corrected chi connectivity index (χ3v) is 7.10. The van der Waals surface area contributed by atoms with Crippen LogP contribution >= 0.6 is 34.5 Å². The maximum Gasteiger partial charge on any atom is 0.348 e. The molecule has 0 aliphatic heterocycles. The molecule has 182 valence electrons. The van der Waals surface area contributed by atoms with Crippen molar-refractivity contribution < 1.29 is 19.1 Å². The van der Waals surface area contributed by atoms with Crippen LogP contribution in [0.5, 0.6) is 5.75 Å². The number of halogens is 2. The van der Waals surface area contributed by atoms with Gasteiger partial charge in [0.05, 0.1) is 27.8 Å². The fourth-order valence-electron chi connectivity index (χ4n) is 3.31. The van der Waals surface area contributed by atoms with Crippen molar-refractivity contribution in [2.45, 2.75) is 26.9 Å². The molecule has 0 bridgehead atoms. The van der Waals surface area contributed by atoms with E-state index in [-0.39, 0.29) is 35.6 Å². The van der Waals surface area contributed by atoms with E-state index in [2.05, 4.69) is 6.07 Å². The number of esters is 1. The molecular weight excluding hydrogens is 519 g/mol. The maximum atomic E-state index is 12.9. The standard InChI is InChI=1S/C27H20Cl2N2O4S/c1-3-34-27(33)26-16(2)21(14-31)25(36-26)12-24(32)19(13-30)9-17-5-4-6-20(10-17)35-15-18-7-8-22(28)23(29)11-18/h4-11H,3,12,15H2,1-2H3/b19-9+. The fourth-order valence-corrected chi connectivity index (χ4v) is 4.78. The predicted molar refractivity (Wildman–Crippen MR) is 139 cm³/mol. The molecule has 0 atom stereocenters. The molecule has 0 N–H and O–H groups in total. The molecule has 0 radical (unpaired) electrons. The molecular formula is C27H20Cl2N2O4S. The molecule has 3 aromatic rings. The zero-order valence-electron chi connectivity index (χ0n) is 19.4. The van der Waals surface area contributed by atoms with Gasteiger partial charge in [0.25, 0.3) is 0 Å². The predicted octanol–water partition coefficient (Wildman–Crippen LogP) is 6.71. The van der Waals surface area contributed by atoms with Crippen LogP contribution < -0.4 is 4.74 Å². The summed E-state index contributed by atoms with van der Waals surface area (Å²) in [4.78, 5) is 25.8. The number of benzene rings is 2. The van der Waals surface area contributed by atoms with Crippen LogP contribution in [0.2, 0.25) is 10.0 Å². The first-order chi connectivity index (χ1) is 17.3. The molecule has 1 aromatic heterocycles. The monoisotopic (exact) mass is 538 g/mol. The highest BCUT2D eigenvalue weighted by molar-refractivity contribution is 7.14. The summed E-state index contributed by atoms with van der Waals surface area (Å²) >= 11 is 13.0. The van der Waals surface area contributed by atoms with E-state index < -0.39 is 11.8 Å². The first kappa shape index (κ1) is 27.0. The molecule has 0 aliphatic rings. The fraction of sp³-hybridized carbons (Fsp3) is 0.185. The topological polar surface area (TPSA) is 100 Å². The molecule has 1 heterocycles. The third kappa shape index (κ3) is 6.53. The second-order valence-electron chi connectivity index (χ2n) is 7.57. The molecule has 9 heteroatoms. The summed E-state index contributed by atoms with van der Waals surface area (Å²) in [6.07, 6.45) is 1.29. The highest BCUT2D eigenvalue weighted by Crippen LogP contribution is 2.30. The first-order valence-electron chi connectivity index (χ1n) is 10.8. The van der Waals surface area contributed by atoms with Crippen molar-refractivity contribution in [1.29, 1.82) is 10.5 Å². The lowest BCUT2D eigenvalue weighted by Crippen LogP contribution is -2.05. The van der Waals surface area contributed by atoms with Crippen LogP contribution in [0, 0.1) is 29.6 Å². The van der Waals surface area contributed by atoms with Crippen LogP contribution in [0.3, 0.4) is 0 Å². The van der Waals surface area contributed by atoms with Crippen LogP contribution in [0.1, 0.15) is 43.7 Å². The summed E-state index contributed by atoms with van der Waals surface area (Å²) in [7, 11) is 0. The number of carbonyl (C=O) groups excluding carboxylic acids is 2. The van der Waals surface area contributed by atoms with E-state index in [0.29, 0.717) is 31.8 Å². The van der Waals surface area contributed by atoms with Gasteiger partial charge >= 0.3 is 5.97 Å². The van der Waals surface area contributed by atoms with Gasteiger partial charge < -0.3 is 9.47 Å². The second-order valence-corrected chi connectivity index (χ2v) is 9.49. The Morgan fingerprint density at radius 3 is 2.56 bits per heavy atom. The van der Waals surface area contributed by atoms with Gasteiger partial charge in [-0.3, -0.25) is 4.79 Å². The van der Waals surface area contributed by atoms with Crippen LogP contribution in [-0.4, -0.2) is 18.4 Å². The minimum atomic E-state index is -0.538. The van der Waals surface area contributed by atoms with E-state index in [1.165, 1.54) is 6.08 Å². The smallest absolute Gasteiger partial charge is 0.348 e. The van der Waals surface area contributed by atoms with Crippen molar-refractivity contribution in [3.05, 3.63) is 90.1 Å². The molecule has 0 saturated heterocycles. The number of nitrogens with zero attached hydrogens (tertiary/aromatic N) is 2. The number of thiophene rings is 1. The number of hydrogen-bond acceptors (Lipinski definition) is 7. The zero-order chi connectivity index (χ0) is 26.2. The Labute approximate surface area is 222 Å². The molecule has 36 heavy (non-hydrogen) atoms. The van der Waals surface area contributed by atoms with Gasteiger partial charge in [0.2, 0.25) is 0 Å². The molecule has 0 aliphatic carbocycles. The molecule has 0 saturated carbocycles. The summed E-state index contributed by atoms with van der Waals surface area (Å²) in [6, 6.07) is 16.1. The summed E-state index contributed by atoms with van der Waals surface area (Å²) in [5.74, 6) is -0.462. The van der Waals surface area contributed by atoms with Gasteiger partial charge in [-0.1, -0.05) is 41.4 Å². The molecule has 0 spiro atoms. The van der Waals surface area contributed by atoms with Crippen molar-refractivity contribution in [3.63, 3.8) is 0 Å². The second kappa shape index (κ2) is 12.4. The minimum absolute atomic E-state index is 0.0794. The Bertz CT molecular complexity index is 1430. The Morgan fingerprint density at radius 1 is 1.11 bits per heavy atom. The van der Waals surface area contributed by atoms with Crippen molar-refractivity contribution in [2.24, 2.45) is 0 Å². The Morgan fingerprint density at radius 2 is 1.89 bits per heavy atom. The molecule has 0 unspecified atom stereocenters. The van der Waals surface area contributed by atoms with Crippen molar-refractivity contribution in [3.8, 4) is 17.9 Å². The number of ether oxygens (including phenoxy) is 2. The number of nitriles is 2. The molecule has 2 aromatic carbocycles. The first-order valence-corrected chi connectivity index (χ1v) is 12.4. The lowest BCUT2D eigenvalue weighted by molar-refractivity contribution is -0.114. The number of rotatable bonds is 9. The van der Waals surface area contributed by atoms with E-state index in [1.807, 2.05) is 6.07 Å². The van der Waals surface area contributed by atoms with E-state index in [0.717, 1.165) is 16.9 Å². The molecule has 3 rings (SSSR count). The minimum Gasteiger partial charge on any atom is -0.489 e. The lowest BCUT2D eigenvalue weighted by atomic mass is 10.0. The van der Waals surface area contributed by atoms with Crippen molar-refractivity contribution >= 4 is 52.4 Å². The largest absolute Gasteiger partial charge is 0.489 e. The van der Waals surface area contributed by atoms with Crippen molar-refractivity contribution in [1.82, 2.24) is 0 Å². The Hall–Kier alpha value is -3.62. The molecule has 0 fully saturated rings. The third-order valence-electron chi connectivity index (χ3n) is 5.09. The highest BCUT2D eigenvalue weighted by Gasteiger charge is 2.23. The van der Waals surface area contributed by atoms with Crippen LogP contribution in [0.15, 0.2) is 48.0 Å². The maximum absolute atomic E-state index is 12.9. The van der Waals surface area contributed by atoms with Crippen molar-refractivity contribution in [2.75, 3.05) is 6.61 Å². The van der Waals surface area contributed by atoms with E-state index in [9.17, 15) is 20.1 Å². The Kier molecular flexibility index (Phi) is 9.27. The van der Waals surface area contributed by atoms with Gasteiger partial charge in [0.15, 0.2) is 5.78 Å². The van der Waals surface area contributed by atoms with Gasteiger partial charge in [0.1, 0.15) is 29.4 Å². The number of Topliss-reactive ketones (excluding diaryl/α,β-unsaturated/α-hetero) is 1. The Balaban J connectivity index is 1.77. The summed E-state index contributed by atoms with van der Waals surface area (Å²) < 4.78 is 10.8. The number of ketones is 1. The van der Waals surface area contributed by atoms with Crippen LogP contribution in [0.25, 0.3) is 6.08 Å². The number of carbonyl (C=O) groups is 2. The SMILES string of the molecule is CCOC(=O)c1sc(CC(=O)/C(C#N)=C/c2cccc(OCc3ccc(Cl)c(Cl)c3)c2)c(C#N)c1C. The number of allylic oxidation sites excluding steroid dienone is 1. The average Bonchev–Trinajstić information content (AvgIpc) is 3.18. The van der Waals surface area contributed by atoms with Gasteiger partial charge in [-0.25, -0.2) is 4.79 Å². The quantitative estimate of drug-likeness (QED) is 0.170. The average molecular weight is 539 g/mol. The van der Waals surface area contributed by atoms with E-state index in [4.69, 9.17) is 32.7 Å². The van der Waals surface area contributed by atoms with Crippen LogP contribution in [0.4, 0.5) is 0 Å². The zero-order valence-corrected chi connectivity index (χ0v) is 21.8. The summed E-state index contributed by atoms with van der Waals surface area (Å²) in [5.41, 5.74) is 2.08. The number of hydrogen-bond donors (Lipinski definition) is 0. The van der Waals surface area contributed by atoms with Gasteiger partial charge in [0, 0.05) is 11.3 Å². The van der Waals surface area contributed by atoms with Crippen LogP contribution in [-0.2, 0) is 22.6 Å². The normalized spacial score (nSPS) is 10.9. The molecule has 0 amide bonds. The van der Waals surface area contributed by atoms with E-state index >= 15 is 0 Å². The van der Waals surface area contributed by atoms with E-state index in [1.54, 1.807) is 56.3 Å². The lowest BCUT2D eigenvalue weighted by Gasteiger charge is -2.08. The summed E-state index contributed by atoms with van der Waals surface area (Å²) in [5, 5.41) is 20.1. The molecule has 6 nitrogen and oxygen atoms in total. The van der Waals surface area contributed by atoms with Gasteiger partial charge in [-0.2, -0.15) is 10.5 Å². The highest BCUT2D eigenvalue weighted by atomic mass is 35.5. The van der Waals surface area contributed by atoms with Gasteiger partial charge in [-0.15, -0.1) is 11.3 Å².